The first-order valence-corrected chi connectivity index (χ1v) is 8.82. The van der Waals surface area contributed by atoms with Crippen molar-refractivity contribution in [3.8, 4) is 0 Å². The average Bonchev–Trinajstić information content (AvgIpc) is 3.01. The normalized spacial score (nSPS) is 16.8. The first-order chi connectivity index (χ1) is 9.95. The number of nitrogens with zero attached hydrogens (tertiary/aromatic N) is 2. The molecule has 0 unspecified atom stereocenters. The highest BCUT2D eigenvalue weighted by molar-refractivity contribution is 5.40. The van der Waals surface area contributed by atoms with Crippen LogP contribution in [0.5, 0.6) is 0 Å². The van der Waals surface area contributed by atoms with E-state index in [-0.39, 0.29) is 5.54 Å². The van der Waals surface area contributed by atoms with Crippen molar-refractivity contribution in [2.75, 3.05) is 5.73 Å². The second kappa shape index (κ2) is 6.85. The molecule has 0 saturated heterocycles. The topological polar surface area (TPSA) is 43.8 Å². The third kappa shape index (κ3) is 3.81. The van der Waals surface area contributed by atoms with Crippen LogP contribution in [0.15, 0.2) is 0 Å². The van der Waals surface area contributed by atoms with Crippen molar-refractivity contribution in [1.82, 2.24) is 9.55 Å². The van der Waals surface area contributed by atoms with E-state index in [0.29, 0.717) is 5.92 Å². The van der Waals surface area contributed by atoms with E-state index in [1.807, 2.05) is 0 Å². The van der Waals surface area contributed by atoms with Crippen molar-refractivity contribution in [3.05, 3.63) is 11.5 Å². The number of imidazole rings is 1. The van der Waals surface area contributed by atoms with Crippen LogP contribution in [0.4, 0.5) is 5.82 Å². The lowest BCUT2D eigenvalue weighted by Gasteiger charge is -2.27. The lowest BCUT2D eigenvalue weighted by atomic mass is 10.0. The molecule has 3 heteroatoms. The lowest BCUT2D eigenvalue weighted by molar-refractivity contribution is 0.377. The molecule has 2 rings (SSSR count). The molecule has 0 aromatic carbocycles. The third-order valence-electron chi connectivity index (χ3n) is 4.67. The maximum atomic E-state index is 6.47. The van der Waals surface area contributed by atoms with Gasteiger partial charge in [-0.15, -0.1) is 0 Å². The Kier molecular flexibility index (Phi) is 5.34. The number of nitrogen functional groups attached to an aromatic ring is 1. The molecule has 2 N–H and O–H groups in total. The van der Waals surface area contributed by atoms with Crippen LogP contribution in [0.3, 0.4) is 0 Å². The predicted molar refractivity (Wildman–Crippen MR) is 90.7 cm³/mol. The monoisotopic (exact) mass is 291 g/mol. The number of aryl methyl sites for hydroxylation is 1. The number of unbranched alkanes of at least 4 members (excludes halogenated alkanes) is 3. The van der Waals surface area contributed by atoms with Gasteiger partial charge in [0, 0.05) is 11.5 Å². The van der Waals surface area contributed by atoms with Crippen LogP contribution >= 0.6 is 0 Å². The molecule has 1 aliphatic carbocycles. The summed E-state index contributed by atoms with van der Waals surface area (Å²) < 4.78 is 2.32. The van der Waals surface area contributed by atoms with Crippen molar-refractivity contribution in [1.29, 1.82) is 0 Å². The summed E-state index contributed by atoms with van der Waals surface area (Å²) in [6, 6.07) is 0. The van der Waals surface area contributed by atoms with E-state index in [0.717, 1.165) is 17.9 Å². The van der Waals surface area contributed by atoms with Crippen molar-refractivity contribution in [2.24, 2.45) is 0 Å². The molecule has 0 radical (unpaired) electrons. The average molecular weight is 291 g/mol. The molecule has 1 aromatic rings. The molecule has 1 heterocycles. The first kappa shape index (κ1) is 16.4. The Balaban J connectivity index is 2.22. The second-order valence-electron chi connectivity index (χ2n) is 7.60. The van der Waals surface area contributed by atoms with Gasteiger partial charge in [-0.05, 0) is 46.5 Å². The predicted octanol–water partition coefficient (Wildman–Crippen LogP) is 5.00. The van der Waals surface area contributed by atoms with E-state index >= 15 is 0 Å². The van der Waals surface area contributed by atoms with Crippen LogP contribution in [0.1, 0.15) is 96.5 Å². The largest absolute Gasteiger partial charge is 0.384 e. The van der Waals surface area contributed by atoms with Crippen LogP contribution in [-0.2, 0) is 12.0 Å². The van der Waals surface area contributed by atoms with E-state index in [1.54, 1.807) is 0 Å². The van der Waals surface area contributed by atoms with E-state index in [2.05, 4.69) is 32.3 Å². The van der Waals surface area contributed by atoms with E-state index < -0.39 is 0 Å². The smallest absolute Gasteiger partial charge is 0.127 e. The molecule has 1 aliphatic rings. The van der Waals surface area contributed by atoms with Gasteiger partial charge in [-0.2, -0.15) is 0 Å². The quantitative estimate of drug-likeness (QED) is 0.749. The van der Waals surface area contributed by atoms with Crippen LogP contribution in [-0.4, -0.2) is 9.55 Å². The molecule has 0 bridgehead atoms. The van der Waals surface area contributed by atoms with Crippen LogP contribution in [0.2, 0.25) is 0 Å². The summed E-state index contributed by atoms with van der Waals surface area (Å²) in [6.07, 6.45) is 11.4. The molecular weight excluding hydrogens is 258 g/mol. The summed E-state index contributed by atoms with van der Waals surface area (Å²) in [7, 11) is 0. The highest BCUT2D eigenvalue weighted by Gasteiger charge is 2.29. The van der Waals surface area contributed by atoms with Crippen LogP contribution in [0, 0.1) is 0 Å². The fraction of sp³-hybridized carbons (Fsp3) is 0.833. The third-order valence-corrected chi connectivity index (χ3v) is 4.67. The molecule has 21 heavy (non-hydrogen) atoms. The molecule has 1 aromatic heterocycles. The minimum Gasteiger partial charge on any atom is -0.384 e. The minimum absolute atomic E-state index is 0.0245. The van der Waals surface area contributed by atoms with Gasteiger partial charge in [0.25, 0.3) is 0 Å². The van der Waals surface area contributed by atoms with Gasteiger partial charge in [0.15, 0.2) is 0 Å². The molecule has 0 atom stereocenters. The van der Waals surface area contributed by atoms with Crippen molar-refractivity contribution < 1.29 is 0 Å². The van der Waals surface area contributed by atoms with Crippen LogP contribution < -0.4 is 5.73 Å². The van der Waals surface area contributed by atoms with Gasteiger partial charge in [-0.3, -0.25) is 0 Å². The molecule has 3 nitrogen and oxygen atoms in total. The summed E-state index contributed by atoms with van der Waals surface area (Å²) in [5.41, 5.74) is 7.64. The fourth-order valence-corrected chi connectivity index (χ4v) is 3.56. The van der Waals surface area contributed by atoms with E-state index in [4.69, 9.17) is 10.7 Å². The van der Waals surface area contributed by atoms with E-state index in [1.165, 1.54) is 57.2 Å². The van der Waals surface area contributed by atoms with Crippen molar-refractivity contribution in [3.63, 3.8) is 0 Å². The number of hydrogen-bond donors (Lipinski definition) is 1. The zero-order chi connectivity index (χ0) is 15.5. The SMILES string of the molecule is CCCCCCc1nc(C2CCCC2)n(C(C)(C)C)c1N. The molecular formula is C18H33N3. The molecule has 0 amide bonds. The number of aromatic nitrogens is 2. The summed E-state index contributed by atoms with van der Waals surface area (Å²) in [5.74, 6) is 2.79. The number of rotatable bonds is 6. The highest BCUT2D eigenvalue weighted by atomic mass is 15.2. The fourth-order valence-electron chi connectivity index (χ4n) is 3.56. The zero-order valence-corrected chi connectivity index (χ0v) is 14.4. The minimum atomic E-state index is 0.0245. The standard InChI is InChI=1S/C18H33N3/c1-5-6-7-8-13-15-16(19)21(18(2,3)4)17(20-15)14-11-9-10-12-14/h14H,5-13,19H2,1-4H3. The van der Waals surface area contributed by atoms with Gasteiger partial charge in [0.2, 0.25) is 0 Å². The van der Waals surface area contributed by atoms with Crippen molar-refractivity contribution in [2.45, 2.75) is 96.9 Å². The molecule has 0 aliphatic heterocycles. The Morgan fingerprint density at radius 1 is 1.14 bits per heavy atom. The first-order valence-electron chi connectivity index (χ1n) is 8.82. The second-order valence-corrected chi connectivity index (χ2v) is 7.60. The number of anilines is 1. The number of nitrogens with two attached hydrogens (primary N) is 1. The van der Waals surface area contributed by atoms with Crippen LogP contribution in [0.25, 0.3) is 0 Å². The lowest BCUT2D eigenvalue weighted by Crippen LogP contribution is -2.26. The maximum Gasteiger partial charge on any atom is 0.127 e. The van der Waals surface area contributed by atoms with Gasteiger partial charge in [-0.25, -0.2) is 4.98 Å². The molecule has 1 fully saturated rings. The Bertz CT molecular complexity index is 448. The Morgan fingerprint density at radius 2 is 1.81 bits per heavy atom. The maximum absolute atomic E-state index is 6.47. The summed E-state index contributed by atoms with van der Waals surface area (Å²) in [4.78, 5) is 4.99. The van der Waals surface area contributed by atoms with Gasteiger partial charge in [-0.1, -0.05) is 39.0 Å². The Hall–Kier alpha value is -0.990. The molecule has 0 spiro atoms. The summed E-state index contributed by atoms with van der Waals surface area (Å²) >= 11 is 0. The molecule has 1 saturated carbocycles. The Labute approximate surface area is 130 Å². The van der Waals surface area contributed by atoms with Gasteiger partial charge < -0.3 is 10.3 Å². The summed E-state index contributed by atoms with van der Waals surface area (Å²) in [5, 5.41) is 0. The highest BCUT2D eigenvalue weighted by Crippen LogP contribution is 2.38. The Morgan fingerprint density at radius 3 is 2.38 bits per heavy atom. The number of hydrogen-bond acceptors (Lipinski definition) is 2. The summed E-state index contributed by atoms with van der Waals surface area (Å²) in [6.45, 7) is 8.97. The molecule has 120 valence electrons. The van der Waals surface area contributed by atoms with Gasteiger partial charge in [0.05, 0.1) is 5.69 Å². The van der Waals surface area contributed by atoms with Crippen molar-refractivity contribution >= 4 is 5.82 Å². The van der Waals surface area contributed by atoms with E-state index in [9.17, 15) is 0 Å². The van der Waals surface area contributed by atoms with Gasteiger partial charge >= 0.3 is 0 Å². The van der Waals surface area contributed by atoms with Gasteiger partial charge in [0.1, 0.15) is 11.6 Å². The zero-order valence-electron chi connectivity index (χ0n) is 14.4.